The van der Waals surface area contributed by atoms with Crippen LogP contribution in [0.2, 0.25) is 5.02 Å². The first-order valence-corrected chi connectivity index (χ1v) is 5.28. The number of anilines is 1. The van der Waals surface area contributed by atoms with Gasteiger partial charge in [0.15, 0.2) is 0 Å². The van der Waals surface area contributed by atoms with E-state index in [0.29, 0.717) is 6.07 Å². The Labute approximate surface area is 111 Å². The summed E-state index contributed by atoms with van der Waals surface area (Å²) in [5.74, 6) is -0.567. The largest absolute Gasteiger partial charge is 0.418 e. The minimum absolute atomic E-state index is 0.111. The number of hydrogen-bond acceptors (Lipinski definition) is 2. The number of alkyl halides is 3. The van der Waals surface area contributed by atoms with Crippen LogP contribution in [-0.4, -0.2) is 11.9 Å². The van der Waals surface area contributed by atoms with Gasteiger partial charge in [-0.05, 0) is 18.2 Å². The summed E-state index contributed by atoms with van der Waals surface area (Å²) in [7, 11) is 0. The number of urea groups is 1. The molecule has 0 aliphatic carbocycles. The Kier molecular flexibility index (Phi) is 4.60. The Morgan fingerprint density at radius 2 is 1.84 bits per heavy atom. The monoisotopic (exact) mass is 295 g/mol. The fourth-order valence-corrected chi connectivity index (χ4v) is 1.33. The molecule has 5 nitrogen and oxygen atoms in total. The van der Waals surface area contributed by atoms with Crippen LogP contribution in [0.3, 0.4) is 0 Å². The van der Waals surface area contributed by atoms with Crippen molar-refractivity contribution in [2.75, 3.05) is 5.32 Å². The van der Waals surface area contributed by atoms with Crippen molar-refractivity contribution in [2.45, 2.75) is 13.1 Å². The van der Waals surface area contributed by atoms with E-state index in [1.807, 2.05) is 16.2 Å². The molecule has 3 N–H and O–H groups in total. The van der Waals surface area contributed by atoms with Crippen LogP contribution in [-0.2, 0) is 11.0 Å². The molecule has 0 saturated heterocycles. The molecule has 104 valence electrons. The van der Waals surface area contributed by atoms with Crippen LogP contribution in [0.15, 0.2) is 18.2 Å². The van der Waals surface area contributed by atoms with Gasteiger partial charge in [0.25, 0.3) is 0 Å². The lowest BCUT2D eigenvalue weighted by Crippen LogP contribution is -2.43. The summed E-state index contributed by atoms with van der Waals surface area (Å²) in [5.41, 5.74) is 2.24. The van der Waals surface area contributed by atoms with E-state index >= 15 is 0 Å². The van der Waals surface area contributed by atoms with Gasteiger partial charge in [0.05, 0.1) is 11.3 Å². The molecule has 0 spiro atoms. The minimum atomic E-state index is -4.67. The van der Waals surface area contributed by atoms with E-state index in [4.69, 9.17) is 11.6 Å². The molecule has 3 amide bonds. The average Bonchev–Trinajstić information content (AvgIpc) is 2.27. The molecule has 0 heterocycles. The molecule has 0 aliphatic heterocycles. The molecule has 0 saturated carbocycles. The highest BCUT2D eigenvalue weighted by Crippen LogP contribution is 2.36. The number of carbonyl (C=O) groups excluding carboxylic acids is 2. The molecule has 0 atom stereocenters. The number of halogens is 4. The lowest BCUT2D eigenvalue weighted by molar-refractivity contribution is -0.137. The maximum Gasteiger partial charge on any atom is 0.418 e. The number of hydrazine groups is 1. The van der Waals surface area contributed by atoms with E-state index in [2.05, 4.69) is 0 Å². The molecule has 0 aliphatic rings. The van der Waals surface area contributed by atoms with E-state index in [-0.39, 0.29) is 5.02 Å². The zero-order chi connectivity index (χ0) is 14.6. The smallest absolute Gasteiger partial charge is 0.306 e. The number of benzene rings is 1. The molecule has 0 radical (unpaired) electrons. The highest BCUT2D eigenvalue weighted by atomic mass is 35.5. The van der Waals surface area contributed by atoms with Crippen LogP contribution in [0.1, 0.15) is 12.5 Å². The third-order valence-corrected chi connectivity index (χ3v) is 2.12. The van der Waals surface area contributed by atoms with Gasteiger partial charge in [0.2, 0.25) is 5.91 Å². The second kappa shape index (κ2) is 5.79. The number of nitrogens with one attached hydrogen (secondary N) is 3. The molecule has 0 unspecified atom stereocenters. The Morgan fingerprint density at radius 1 is 1.21 bits per heavy atom. The van der Waals surface area contributed by atoms with Crippen molar-refractivity contribution in [3.63, 3.8) is 0 Å². The average molecular weight is 296 g/mol. The maximum absolute atomic E-state index is 12.7. The minimum Gasteiger partial charge on any atom is -0.306 e. The third-order valence-electron chi connectivity index (χ3n) is 1.89. The molecule has 0 aromatic heterocycles. The van der Waals surface area contributed by atoms with Crippen LogP contribution >= 0.6 is 11.6 Å². The molecule has 0 bridgehead atoms. The van der Waals surface area contributed by atoms with Gasteiger partial charge in [-0.25, -0.2) is 10.2 Å². The molecular weight excluding hydrogens is 287 g/mol. The Hall–Kier alpha value is -1.96. The second-order valence-corrected chi connectivity index (χ2v) is 3.88. The fourth-order valence-electron chi connectivity index (χ4n) is 1.16. The van der Waals surface area contributed by atoms with Crippen LogP contribution in [0.4, 0.5) is 23.7 Å². The van der Waals surface area contributed by atoms with Crippen molar-refractivity contribution < 1.29 is 22.8 Å². The Bertz CT molecular complexity index is 505. The quantitative estimate of drug-likeness (QED) is 0.697. The first-order valence-electron chi connectivity index (χ1n) is 4.90. The van der Waals surface area contributed by atoms with Crippen molar-refractivity contribution in [3.8, 4) is 0 Å². The summed E-state index contributed by atoms with van der Waals surface area (Å²) < 4.78 is 38.1. The maximum atomic E-state index is 12.7. The van der Waals surface area contributed by atoms with Gasteiger partial charge in [0, 0.05) is 11.9 Å². The van der Waals surface area contributed by atoms with E-state index < -0.39 is 29.4 Å². The highest BCUT2D eigenvalue weighted by Gasteiger charge is 2.34. The first kappa shape index (κ1) is 15.1. The summed E-state index contributed by atoms with van der Waals surface area (Å²) >= 11 is 5.48. The lowest BCUT2D eigenvalue weighted by atomic mass is 10.1. The molecule has 9 heteroatoms. The van der Waals surface area contributed by atoms with Gasteiger partial charge in [0.1, 0.15) is 0 Å². The van der Waals surface area contributed by atoms with Crippen molar-refractivity contribution in [1.29, 1.82) is 0 Å². The van der Waals surface area contributed by atoms with Gasteiger partial charge in [-0.2, -0.15) is 13.2 Å². The standard InChI is InChI=1S/C10H9ClF3N3O2/c1-5(18)16-17-9(19)15-8-3-2-6(11)4-7(8)10(12,13)14/h2-4H,1H3,(H,16,18)(H2,15,17,19). The van der Waals surface area contributed by atoms with Crippen molar-refractivity contribution in [2.24, 2.45) is 0 Å². The van der Waals surface area contributed by atoms with Gasteiger partial charge in [-0.1, -0.05) is 11.6 Å². The molecule has 1 aromatic carbocycles. The normalized spacial score (nSPS) is 10.8. The molecule has 0 fully saturated rings. The summed E-state index contributed by atoms with van der Waals surface area (Å²) in [6.07, 6.45) is -4.67. The van der Waals surface area contributed by atoms with Crippen LogP contribution in [0.5, 0.6) is 0 Å². The Morgan fingerprint density at radius 3 is 2.37 bits per heavy atom. The second-order valence-electron chi connectivity index (χ2n) is 3.45. The lowest BCUT2D eigenvalue weighted by Gasteiger charge is -2.14. The van der Waals surface area contributed by atoms with Gasteiger partial charge in [-0.3, -0.25) is 10.2 Å². The van der Waals surface area contributed by atoms with Gasteiger partial charge >= 0.3 is 12.2 Å². The molecule has 1 rings (SSSR count). The number of rotatable bonds is 1. The zero-order valence-electron chi connectivity index (χ0n) is 9.56. The van der Waals surface area contributed by atoms with Crippen LogP contribution in [0, 0.1) is 0 Å². The summed E-state index contributed by atoms with van der Waals surface area (Å²) in [6, 6.07) is 1.89. The molecule has 1 aromatic rings. The SMILES string of the molecule is CC(=O)NNC(=O)Nc1ccc(Cl)cc1C(F)(F)F. The number of amides is 3. The number of carbonyl (C=O) groups is 2. The van der Waals surface area contributed by atoms with E-state index in [1.54, 1.807) is 0 Å². The van der Waals surface area contributed by atoms with Crippen molar-refractivity contribution in [1.82, 2.24) is 10.9 Å². The van der Waals surface area contributed by atoms with Gasteiger partial charge in [-0.15, -0.1) is 0 Å². The zero-order valence-corrected chi connectivity index (χ0v) is 10.3. The first-order chi connectivity index (χ1) is 8.70. The summed E-state index contributed by atoms with van der Waals surface area (Å²) in [4.78, 5) is 21.8. The topological polar surface area (TPSA) is 70.2 Å². The predicted octanol–water partition coefficient (Wildman–Crippen LogP) is 2.53. The van der Waals surface area contributed by atoms with E-state index in [9.17, 15) is 22.8 Å². The van der Waals surface area contributed by atoms with Crippen LogP contribution < -0.4 is 16.2 Å². The summed E-state index contributed by atoms with van der Waals surface area (Å²) in [6.45, 7) is 1.13. The third kappa shape index (κ3) is 4.66. The van der Waals surface area contributed by atoms with E-state index in [0.717, 1.165) is 13.0 Å². The van der Waals surface area contributed by atoms with Gasteiger partial charge < -0.3 is 5.32 Å². The molecule has 19 heavy (non-hydrogen) atoms. The molecular formula is C10H9ClF3N3O2. The van der Waals surface area contributed by atoms with E-state index in [1.165, 1.54) is 6.07 Å². The fraction of sp³-hybridized carbons (Fsp3) is 0.200. The Balaban J connectivity index is 2.89. The number of hydrogen-bond donors (Lipinski definition) is 3. The highest BCUT2D eigenvalue weighted by molar-refractivity contribution is 6.30. The van der Waals surface area contributed by atoms with Crippen molar-refractivity contribution in [3.05, 3.63) is 28.8 Å². The predicted molar refractivity (Wildman–Crippen MR) is 62.4 cm³/mol. The summed E-state index contributed by atoms with van der Waals surface area (Å²) in [5, 5.41) is 1.85. The van der Waals surface area contributed by atoms with Crippen LogP contribution in [0.25, 0.3) is 0 Å². The van der Waals surface area contributed by atoms with Crippen molar-refractivity contribution >= 4 is 29.2 Å².